The van der Waals surface area contributed by atoms with Crippen molar-refractivity contribution in [3.05, 3.63) is 57.5 Å². The minimum Gasteiger partial charge on any atom is -0.0836 e. The van der Waals surface area contributed by atoms with Crippen LogP contribution in [0.15, 0.2) is 30.3 Å². The molecule has 0 amide bonds. The molecule has 3 aromatic carbocycles. The molecule has 0 aliphatic heterocycles. The molecular weight excluding hydrogens is 275 g/mol. The highest BCUT2D eigenvalue weighted by molar-refractivity contribution is 6.47. The zero-order valence-electron chi connectivity index (χ0n) is 8.52. The van der Waals surface area contributed by atoms with Crippen LogP contribution in [0.3, 0.4) is 0 Å². The number of rotatable bonds is 0. The van der Waals surface area contributed by atoms with Crippen molar-refractivity contribution in [3.63, 3.8) is 0 Å². The van der Waals surface area contributed by atoms with E-state index in [2.05, 4.69) is 12.1 Å². The predicted octanol–water partition coefficient (Wildman–Crippen LogP) is 5.55. The highest BCUT2D eigenvalue weighted by Gasteiger charge is 2.10. The first kappa shape index (κ1) is 11.2. The summed E-state index contributed by atoms with van der Waals surface area (Å²) in [5.74, 6) is 0. The summed E-state index contributed by atoms with van der Waals surface area (Å²) in [7, 11) is 0. The largest absolute Gasteiger partial charge is 0.0836 e. The summed E-state index contributed by atoms with van der Waals surface area (Å²) in [4.78, 5) is 0. The number of hydrogen-bond acceptors (Lipinski definition) is 0. The van der Waals surface area contributed by atoms with E-state index < -0.39 is 0 Å². The van der Waals surface area contributed by atoms with Crippen LogP contribution in [0.1, 0.15) is 0 Å². The molecule has 0 nitrogen and oxygen atoms in total. The Morgan fingerprint density at radius 3 is 2.65 bits per heavy atom. The molecule has 3 heteroatoms. The van der Waals surface area contributed by atoms with Gasteiger partial charge in [0.2, 0.25) is 0 Å². The van der Waals surface area contributed by atoms with Crippen LogP contribution in [0.5, 0.6) is 0 Å². The molecule has 3 rings (SSSR count). The molecule has 0 saturated carbocycles. The third kappa shape index (κ3) is 1.68. The summed E-state index contributed by atoms with van der Waals surface area (Å²) in [5.41, 5.74) is 0. The molecule has 3 aromatic rings. The Morgan fingerprint density at radius 1 is 1.00 bits per heavy atom. The van der Waals surface area contributed by atoms with Crippen LogP contribution in [-0.4, -0.2) is 0 Å². The number of halogens is 3. The molecule has 17 heavy (non-hydrogen) atoms. The second kappa shape index (κ2) is 4.06. The first-order valence-electron chi connectivity index (χ1n) is 4.96. The van der Waals surface area contributed by atoms with E-state index in [4.69, 9.17) is 34.8 Å². The Hall–Kier alpha value is -0.950. The smallest absolute Gasteiger partial charge is 0.0683 e. The summed E-state index contributed by atoms with van der Waals surface area (Å²) in [6, 6.07) is 15.2. The number of hydrogen-bond donors (Lipinski definition) is 0. The van der Waals surface area contributed by atoms with Crippen LogP contribution in [0.4, 0.5) is 0 Å². The summed E-state index contributed by atoms with van der Waals surface area (Å²) in [5, 5.41) is 5.36. The molecule has 0 aliphatic carbocycles. The van der Waals surface area contributed by atoms with E-state index in [0.717, 1.165) is 21.5 Å². The SMILES string of the molecule is Clc1[c]cc2cc(Cl)c3c[c]ccc3c2c1Cl. The Labute approximate surface area is 114 Å². The zero-order valence-corrected chi connectivity index (χ0v) is 10.8. The van der Waals surface area contributed by atoms with E-state index >= 15 is 0 Å². The third-order valence-corrected chi connectivity index (χ3v) is 3.81. The summed E-state index contributed by atoms with van der Waals surface area (Å²) >= 11 is 18.5. The summed E-state index contributed by atoms with van der Waals surface area (Å²) in [6.45, 7) is 0. The van der Waals surface area contributed by atoms with Gasteiger partial charge in [-0.3, -0.25) is 0 Å². The molecule has 0 bridgehead atoms. The average Bonchev–Trinajstić information content (AvgIpc) is 2.34. The maximum absolute atomic E-state index is 6.24. The molecule has 0 atom stereocenters. The van der Waals surface area contributed by atoms with E-state index in [-0.39, 0.29) is 0 Å². The quantitative estimate of drug-likeness (QED) is 0.473. The topological polar surface area (TPSA) is 0 Å². The first-order valence-corrected chi connectivity index (χ1v) is 6.09. The average molecular weight is 280 g/mol. The summed E-state index contributed by atoms with van der Waals surface area (Å²) < 4.78 is 0. The molecule has 0 aromatic heterocycles. The van der Waals surface area contributed by atoms with Crippen molar-refractivity contribution in [2.45, 2.75) is 0 Å². The monoisotopic (exact) mass is 278 g/mol. The zero-order chi connectivity index (χ0) is 12.0. The molecule has 0 heterocycles. The second-order valence-corrected chi connectivity index (χ2v) is 4.87. The van der Waals surface area contributed by atoms with Crippen LogP contribution in [-0.2, 0) is 0 Å². The molecule has 2 radical (unpaired) electrons. The lowest BCUT2D eigenvalue weighted by Gasteiger charge is -2.08. The lowest BCUT2D eigenvalue weighted by Crippen LogP contribution is -1.82. The van der Waals surface area contributed by atoms with Crippen molar-refractivity contribution < 1.29 is 0 Å². The molecule has 0 spiro atoms. The van der Waals surface area contributed by atoms with E-state index in [1.807, 2.05) is 24.3 Å². The van der Waals surface area contributed by atoms with Gasteiger partial charge in [-0.05, 0) is 35.0 Å². The minimum absolute atomic E-state index is 0.427. The lowest BCUT2D eigenvalue weighted by molar-refractivity contribution is 1.74. The molecule has 0 aliphatic rings. The normalized spacial score (nSPS) is 11.2. The Morgan fingerprint density at radius 2 is 1.82 bits per heavy atom. The third-order valence-electron chi connectivity index (χ3n) is 2.73. The molecule has 0 unspecified atom stereocenters. The van der Waals surface area contributed by atoms with Crippen molar-refractivity contribution in [1.29, 1.82) is 0 Å². The van der Waals surface area contributed by atoms with Gasteiger partial charge in [0.05, 0.1) is 10.0 Å². The van der Waals surface area contributed by atoms with Gasteiger partial charge < -0.3 is 0 Å². The van der Waals surface area contributed by atoms with Crippen molar-refractivity contribution >= 4 is 56.3 Å². The van der Waals surface area contributed by atoms with Crippen molar-refractivity contribution in [2.75, 3.05) is 0 Å². The van der Waals surface area contributed by atoms with Gasteiger partial charge in [0.15, 0.2) is 0 Å². The fourth-order valence-electron chi connectivity index (χ4n) is 1.96. The van der Waals surface area contributed by atoms with Gasteiger partial charge in [-0.15, -0.1) is 0 Å². The van der Waals surface area contributed by atoms with E-state index in [1.54, 1.807) is 6.07 Å². The Bertz CT molecular complexity index is 732. The van der Waals surface area contributed by atoms with Gasteiger partial charge in [0, 0.05) is 21.9 Å². The van der Waals surface area contributed by atoms with Crippen molar-refractivity contribution in [1.82, 2.24) is 0 Å². The van der Waals surface area contributed by atoms with E-state index in [9.17, 15) is 0 Å². The fraction of sp³-hybridized carbons (Fsp3) is 0. The van der Waals surface area contributed by atoms with Gasteiger partial charge in [0.1, 0.15) is 0 Å². The van der Waals surface area contributed by atoms with Gasteiger partial charge in [0.25, 0.3) is 0 Å². The van der Waals surface area contributed by atoms with Gasteiger partial charge in [-0.2, -0.15) is 0 Å². The lowest BCUT2D eigenvalue weighted by atomic mass is 10.0. The highest BCUT2D eigenvalue weighted by atomic mass is 35.5. The van der Waals surface area contributed by atoms with Crippen LogP contribution in [0.25, 0.3) is 21.5 Å². The number of fused-ring (bicyclic) bond motifs is 3. The standard InChI is InChI=1S/C14H5Cl3/c15-11-6-5-8-7-12(16)9-3-1-2-4-10(9)13(8)14(11)17/h2-5,7H. The van der Waals surface area contributed by atoms with Gasteiger partial charge in [-0.1, -0.05) is 46.9 Å². The highest BCUT2D eigenvalue weighted by Crippen LogP contribution is 2.38. The molecule has 82 valence electrons. The first-order chi connectivity index (χ1) is 8.18. The van der Waals surface area contributed by atoms with Crippen LogP contribution < -0.4 is 0 Å². The maximum atomic E-state index is 6.24. The molecule has 0 saturated heterocycles. The fourth-order valence-corrected chi connectivity index (χ4v) is 2.65. The minimum atomic E-state index is 0.427. The van der Waals surface area contributed by atoms with Crippen LogP contribution in [0, 0.1) is 12.1 Å². The number of benzene rings is 3. The van der Waals surface area contributed by atoms with E-state index in [1.165, 1.54) is 0 Å². The Kier molecular flexibility index (Phi) is 2.67. The van der Waals surface area contributed by atoms with Crippen molar-refractivity contribution in [3.8, 4) is 0 Å². The van der Waals surface area contributed by atoms with Crippen LogP contribution >= 0.6 is 34.8 Å². The van der Waals surface area contributed by atoms with E-state index in [0.29, 0.717) is 15.1 Å². The van der Waals surface area contributed by atoms with Crippen molar-refractivity contribution in [2.24, 2.45) is 0 Å². The summed E-state index contributed by atoms with van der Waals surface area (Å²) in [6.07, 6.45) is 0. The van der Waals surface area contributed by atoms with Gasteiger partial charge in [-0.25, -0.2) is 0 Å². The molecule has 0 fully saturated rings. The van der Waals surface area contributed by atoms with Gasteiger partial charge >= 0.3 is 0 Å². The Balaban J connectivity index is 2.66. The molecular formula is C14H5Cl3. The molecule has 0 N–H and O–H groups in total. The predicted molar refractivity (Wildman–Crippen MR) is 74.2 cm³/mol. The maximum Gasteiger partial charge on any atom is 0.0683 e. The second-order valence-electron chi connectivity index (χ2n) is 3.71. The van der Waals surface area contributed by atoms with Crippen LogP contribution in [0.2, 0.25) is 15.1 Å².